The standard InChI is InChI=1S/C24H25N5O2S/c1-23(2,3)31-22(30)29-10-9-17-18(11-25)21(28)24(13-26,14-27)20(19(17)12-29)15-5-7-16(32-4)8-6-15/h5-9,19-20H,10,12,28H2,1-4H3/t19-,20-/m0/s1. The van der Waals surface area contributed by atoms with Crippen LogP contribution in [0.15, 0.2) is 52.1 Å². The number of nitrogens with zero attached hydrogens (tertiary/aromatic N) is 4. The Bertz CT molecular complexity index is 1100. The summed E-state index contributed by atoms with van der Waals surface area (Å²) in [6.07, 6.45) is 3.26. The third-order valence-corrected chi connectivity index (χ3v) is 6.53. The van der Waals surface area contributed by atoms with Crippen molar-refractivity contribution in [1.29, 1.82) is 15.8 Å². The Morgan fingerprint density at radius 1 is 1.22 bits per heavy atom. The Balaban J connectivity index is 2.17. The van der Waals surface area contributed by atoms with Crippen LogP contribution in [0.25, 0.3) is 0 Å². The Morgan fingerprint density at radius 3 is 2.34 bits per heavy atom. The summed E-state index contributed by atoms with van der Waals surface area (Å²) >= 11 is 1.58. The van der Waals surface area contributed by atoms with Crippen LogP contribution in [-0.2, 0) is 4.74 Å². The van der Waals surface area contributed by atoms with Gasteiger partial charge in [-0.05, 0) is 50.3 Å². The molecule has 0 saturated heterocycles. The van der Waals surface area contributed by atoms with E-state index in [1.807, 2.05) is 30.5 Å². The first-order valence-electron chi connectivity index (χ1n) is 10.2. The zero-order valence-electron chi connectivity index (χ0n) is 18.5. The highest BCUT2D eigenvalue weighted by atomic mass is 32.2. The summed E-state index contributed by atoms with van der Waals surface area (Å²) < 4.78 is 5.53. The average molecular weight is 448 g/mol. The fraction of sp³-hybridized carbons (Fsp3) is 0.417. The van der Waals surface area contributed by atoms with E-state index >= 15 is 0 Å². The molecule has 1 aliphatic heterocycles. The Labute approximate surface area is 192 Å². The number of carbonyl (C=O) groups is 1. The molecule has 1 amide bonds. The number of allylic oxidation sites excluding steroid dienone is 2. The molecule has 0 saturated carbocycles. The van der Waals surface area contributed by atoms with Gasteiger partial charge in [-0.25, -0.2) is 4.79 Å². The first-order valence-corrected chi connectivity index (χ1v) is 11.4. The Morgan fingerprint density at radius 2 is 1.84 bits per heavy atom. The molecular weight excluding hydrogens is 422 g/mol. The largest absolute Gasteiger partial charge is 0.444 e. The second-order valence-corrected chi connectivity index (χ2v) is 9.71. The van der Waals surface area contributed by atoms with Gasteiger partial charge < -0.3 is 15.4 Å². The molecule has 0 unspecified atom stereocenters. The van der Waals surface area contributed by atoms with Gasteiger partial charge in [0.15, 0.2) is 5.41 Å². The zero-order valence-corrected chi connectivity index (χ0v) is 19.4. The van der Waals surface area contributed by atoms with Gasteiger partial charge in [0.25, 0.3) is 0 Å². The number of amides is 1. The molecule has 2 atom stereocenters. The molecule has 1 aromatic carbocycles. The van der Waals surface area contributed by atoms with Crippen molar-refractivity contribution in [2.24, 2.45) is 17.1 Å². The summed E-state index contributed by atoms with van der Waals surface area (Å²) in [5, 5.41) is 30.1. The molecule has 0 spiro atoms. The molecule has 2 N–H and O–H groups in total. The van der Waals surface area contributed by atoms with E-state index in [4.69, 9.17) is 10.5 Å². The van der Waals surface area contributed by atoms with Crippen molar-refractivity contribution in [2.75, 3.05) is 19.3 Å². The molecule has 164 valence electrons. The number of fused-ring (bicyclic) bond motifs is 1. The van der Waals surface area contributed by atoms with Crippen molar-refractivity contribution >= 4 is 17.9 Å². The number of nitrogens with two attached hydrogens (primary N) is 1. The lowest BCUT2D eigenvalue weighted by Gasteiger charge is -2.45. The second kappa shape index (κ2) is 8.61. The SMILES string of the molecule is CSc1ccc([C@H]2[C@H]3CN(C(=O)OC(C)(C)C)CC=C3C(C#N)=C(N)C2(C#N)C#N)cc1. The maximum atomic E-state index is 12.8. The molecule has 32 heavy (non-hydrogen) atoms. The highest BCUT2D eigenvalue weighted by Crippen LogP contribution is 2.54. The van der Waals surface area contributed by atoms with Crippen molar-refractivity contribution in [3.63, 3.8) is 0 Å². The van der Waals surface area contributed by atoms with E-state index in [1.54, 1.807) is 43.5 Å². The van der Waals surface area contributed by atoms with Gasteiger partial charge in [0, 0.05) is 29.8 Å². The van der Waals surface area contributed by atoms with E-state index in [0.29, 0.717) is 5.57 Å². The minimum atomic E-state index is -1.73. The summed E-state index contributed by atoms with van der Waals surface area (Å²) in [5.41, 5.74) is 5.48. The molecule has 0 radical (unpaired) electrons. The lowest BCUT2D eigenvalue weighted by molar-refractivity contribution is 0.0224. The van der Waals surface area contributed by atoms with E-state index < -0.39 is 28.9 Å². The molecular formula is C24H25N5O2S. The average Bonchev–Trinajstić information content (AvgIpc) is 2.77. The molecule has 0 aromatic heterocycles. The normalized spacial score (nSPS) is 22.0. The fourth-order valence-electron chi connectivity index (χ4n) is 4.34. The summed E-state index contributed by atoms with van der Waals surface area (Å²) in [5.74, 6) is -1.11. The molecule has 3 rings (SSSR count). The van der Waals surface area contributed by atoms with Crippen LogP contribution in [0.2, 0.25) is 0 Å². The van der Waals surface area contributed by atoms with Gasteiger partial charge >= 0.3 is 6.09 Å². The number of nitriles is 3. The van der Waals surface area contributed by atoms with E-state index in [1.165, 1.54) is 0 Å². The Kier molecular flexibility index (Phi) is 6.26. The van der Waals surface area contributed by atoms with Crippen molar-refractivity contribution in [2.45, 2.75) is 37.2 Å². The van der Waals surface area contributed by atoms with Crippen LogP contribution in [0.1, 0.15) is 32.3 Å². The summed E-state index contributed by atoms with van der Waals surface area (Å²) in [7, 11) is 0. The topological polar surface area (TPSA) is 127 Å². The van der Waals surface area contributed by atoms with Gasteiger partial charge in [0.1, 0.15) is 11.7 Å². The number of hydrogen-bond acceptors (Lipinski definition) is 7. The number of benzene rings is 1. The van der Waals surface area contributed by atoms with Crippen LogP contribution in [0.3, 0.4) is 0 Å². The first kappa shape index (κ1) is 23.3. The maximum Gasteiger partial charge on any atom is 0.410 e. The predicted molar refractivity (Wildman–Crippen MR) is 121 cm³/mol. The second-order valence-electron chi connectivity index (χ2n) is 8.83. The molecule has 0 bridgehead atoms. The van der Waals surface area contributed by atoms with Gasteiger partial charge in [0.2, 0.25) is 0 Å². The van der Waals surface area contributed by atoms with Gasteiger partial charge in [-0.2, -0.15) is 15.8 Å². The molecule has 1 heterocycles. The molecule has 7 nitrogen and oxygen atoms in total. The highest BCUT2D eigenvalue weighted by molar-refractivity contribution is 7.98. The molecule has 1 aromatic rings. The smallest absolute Gasteiger partial charge is 0.410 e. The Hall–Kier alpha value is -3.41. The van der Waals surface area contributed by atoms with Crippen LogP contribution in [0.5, 0.6) is 0 Å². The monoisotopic (exact) mass is 447 g/mol. The third-order valence-electron chi connectivity index (χ3n) is 5.79. The van der Waals surface area contributed by atoms with Gasteiger partial charge in [-0.1, -0.05) is 18.2 Å². The highest BCUT2D eigenvalue weighted by Gasteiger charge is 2.54. The number of hydrogen-bond donors (Lipinski definition) is 1. The summed E-state index contributed by atoms with van der Waals surface area (Å²) in [6, 6.07) is 13.9. The molecule has 8 heteroatoms. The van der Waals surface area contributed by atoms with E-state index in [2.05, 4.69) is 18.2 Å². The van der Waals surface area contributed by atoms with Crippen molar-refractivity contribution in [1.82, 2.24) is 4.90 Å². The minimum absolute atomic E-state index is 0.0304. The molecule has 1 aliphatic carbocycles. The number of thioether (sulfide) groups is 1. The maximum absolute atomic E-state index is 12.8. The number of ether oxygens (including phenoxy) is 1. The van der Waals surface area contributed by atoms with Crippen LogP contribution >= 0.6 is 11.8 Å². The number of carbonyl (C=O) groups excluding carboxylic acids is 1. The minimum Gasteiger partial charge on any atom is -0.444 e. The van der Waals surface area contributed by atoms with Gasteiger partial charge in [-0.15, -0.1) is 11.8 Å². The lowest BCUT2D eigenvalue weighted by atomic mass is 9.58. The molecule has 0 fully saturated rings. The van der Waals surface area contributed by atoms with Gasteiger partial charge in [0.05, 0.1) is 23.4 Å². The first-order chi connectivity index (χ1) is 15.1. The van der Waals surface area contributed by atoms with E-state index in [0.717, 1.165) is 10.5 Å². The van der Waals surface area contributed by atoms with E-state index in [-0.39, 0.29) is 24.4 Å². The van der Waals surface area contributed by atoms with Crippen molar-refractivity contribution in [3.8, 4) is 18.2 Å². The number of rotatable bonds is 2. The zero-order chi connectivity index (χ0) is 23.7. The van der Waals surface area contributed by atoms with Gasteiger partial charge in [-0.3, -0.25) is 0 Å². The van der Waals surface area contributed by atoms with Crippen molar-refractivity contribution < 1.29 is 9.53 Å². The summed E-state index contributed by atoms with van der Waals surface area (Å²) in [4.78, 5) is 15.4. The summed E-state index contributed by atoms with van der Waals surface area (Å²) in [6.45, 7) is 5.84. The van der Waals surface area contributed by atoms with Crippen LogP contribution < -0.4 is 5.73 Å². The van der Waals surface area contributed by atoms with Crippen LogP contribution in [0, 0.1) is 45.3 Å². The fourth-order valence-corrected chi connectivity index (χ4v) is 4.75. The lowest BCUT2D eigenvalue weighted by Crippen LogP contribution is -2.50. The molecule has 2 aliphatic rings. The quantitative estimate of drug-likeness (QED) is 0.677. The third kappa shape index (κ3) is 3.93. The van der Waals surface area contributed by atoms with Crippen LogP contribution in [-0.4, -0.2) is 35.9 Å². The predicted octanol–water partition coefficient (Wildman–Crippen LogP) is 4.07. The van der Waals surface area contributed by atoms with Crippen LogP contribution in [0.4, 0.5) is 4.79 Å². The van der Waals surface area contributed by atoms with E-state index in [9.17, 15) is 20.6 Å². The van der Waals surface area contributed by atoms with Crippen molar-refractivity contribution in [3.05, 3.63) is 52.7 Å².